The zero-order chi connectivity index (χ0) is 20.5. The molecule has 0 aromatic heterocycles. The third kappa shape index (κ3) is 2.60. The van der Waals surface area contributed by atoms with Crippen LogP contribution in [0.4, 0.5) is 4.79 Å². The number of nitrogens with zero attached hydrogens (tertiary/aromatic N) is 1. The van der Waals surface area contributed by atoms with Crippen molar-refractivity contribution in [1.82, 2.24) is 15.5 Å². The Bertz CT molecular complexity index is 909. The highest BCUT2D eigenvalue weighted by Gasteiger charge is 2.56. The summed E-state index contributed by atoms with van der Waals surface area (Å²) in [5.41, 5.74) is -0.598. The molecule has 1 aromatic carbocycles. The van der Waals surface area contributed by atoms with Gasteiger partial charge in [-0.25, -0.2) is 4.79 Å². The molecule has 2 aliphatic heterocycles. The number of rotatable bonds is 3. The molecule has 0 radical (unpaired) electrons. The van der Waals surface area contributed by atoms with Crippen molar-refractivity contribution in [3.63, 3.8) is 0 Å². The van der Waals surface area contributed by atoms with Crippen molar-refractivity contribution in [1.29, 1.82) is 0 Å². The van der Waals surface area contributed by atoms with E-state index in [9.17, 15) is 14.4 Å². The Balaban J connectivity index is 1.20. The predicted molar refractivity (Wildman–Crippen MR) is 108 cm³/mol. The van der Waals surface area contributed by atoms with E-state index in [1.165, 1.54) is 19.3 Å². The minimum absolute atomic E-state index is 0.131. The first-order valence-corrected chi connectivity index (χ1v) is 11.1. The van der Waals surface area contributed by atoms with Crippen molar-refractivity contribution in [2.45, 2.75) is 56.0 Å². The summed E-state index contributed by atoms with van der Waals surface area (Å²) in [6.45, 7) is 0.119. The maximum absolute atomic E-state index is 13.4. The molecule has 6 aliphatic rings. The van der Waals surface area contributed by atoms with E-state index in [4.69, 9.17) is 4.74 Å². The van der Waals surface area contributed by atoms with Crippen LogP contribution in [0.25, 0.3) is 0 Å². The van der Waals surface area contributed by atoms with E-state index in [1.54, 1.807) is 6.07 Å². The third-order valence-corrected chi connectivity index (χ3v) is 8.00. The number of fused-ring (bicyclic) bond motifs is 2. The van der Waals surface area contributed by atoms with Crippen LogP contribution in [-0.4, -0.2) is 41.4 Å². The highest BCUT2D eigenvalue weighted by molar-refractivity contribution is 6.09. The largest absolute Gasteiger partial charge is 0.493 e. The number of para-hydroxylation sites is 1. The zero-order valence-electron chi connectivity index (χ0n) is 17.0. The molecule has 4 amide bonds. The predicted octanol–water partition coefficient (Wildman–Crippen LogP) is 2.30. The van der Waals surface area contributed by atoms with Crippen molar-refractivity contribution in [2.75, 3.05) is 13.2 Å². The van der Waals surface area contributed by atoms with E-state index in [1.807, 2.05) is 18.2 Å². The maximum atomic E-state index is 13.4. The van der Waals surface area contributed by atoms with Gasteiger partial charge in [0.05, 0.1) is 6.61 Å². The summed E-state index contributed by atoms with van der Waals surface area (Å²) in [6.07, 6.45) is 7.38. The second kappa shape index (κ2) is 6.22. The molecule has 5 fully saturated rings. The fourth-order valence-electron chi connectivity index (χ4n) is 7.26. The molecule has 4 saturated carbocycles. The summed E-state index contributed by atoms with van der Waals surface area (Å²) in [5.74, 6) is 2.18. The van der Waals surface area contributed by atoms with Crippen LogP contribution in [0.5, 0.6) is 5.75 Å². The van der Waals surface area contributed by atoms with Gasteiger partial charge in [0.15, 0.2) is 5.54 Å². The van der Waals surface area contributed by atoms with Crippen LogP contribution < -0.4 is 15.4 Å². The van der Waals surface area contributed by atoms with Gasteiger partial charge < -0.3 is 15.4 Å². The first kappa shape index (κ1) is 18.2. The Hall–Kier alpha value is -2.57. The zero-order valence-corrected chi connectivity index (χ0v) is 17.0. The lowest BCUT2D eigenvalue weighted by Gasteiger charge is -2.56. The summed E-state index contributed by atoms with van der Waals surface area (Å²) in [6, 6.07) is 6.79. The van der Waals surface area contributed by atoms with Gasteiger partial charge in [-0.2, -0.15) is 0 Å². The number of imide groups is 1. The molecule has 1 saturated heterocycles. The smallest absolute Gasteiger partial charge is 0.325 e. The second-order valence-corrected chi connectivity index (χ2v) is 10.1. The molecule has 7 rings (SSSR count). The van der Waals surface area contributed by atoms with Crippen LogP contribution in [0.15, 0.2) is 24.3 Å². The van der Waals surface area contributed by atoms with Crippen LogP contribution in [0.1, 0.15) is 50.5 Å². The highest BCUT2D eigenvalue weighted by Crippen LogP contribution is 2.55. The Morgan fingerprint density at radius 1 is 1.10 bits per heavy atom. The maximum Gasteiger partial charge on any atom is 0.325 e. The normalized spacial score (nSPS) is 38.4. The van der Waals surface area contributed by atoms with Crippen molar-refractivity contribution in [3.8, 4) is 5.75 Å². The molecular weight excluding hydrogens is 382 g/mol. The number of urea groups is 1. The van der Waals surface area contributed by atoms with E-state index in [2.05, 4.69) is 10.6 Å². The van der Waals surface area contributed by atoms with Gasteiger partial charge >= 0.3 is 6.03 Å². The fourth-order valence-corrected chi connectivity index (χ4v) is 7.26. The molecule has 1 spiro atoms. The van der Waals surface area contributed by atoms with Gasteiger partial charge in [-0.15, -0.1) is 0 Å². The van der Waals surface area contributed by atoms with Gasteiger partial charge in [0, 0.05) is 17.5 Å². The third-order valence-electron chi connectivity index (χ3n) is 8.00. The number of nitrogens with one attached hydrogen (secondary N) is 2. The average Bonchev–Trinajstić information content (AvgIpc) is 2.92. The standard InChI is InChI=1S/C23H27N3O4/c27-19(24-22-10-14-7-15(11-22)9-16(8-14)12-22)13-26-20(28)23(25-21(26)29)5-6-30-18-4-2-1-3-17(18)23/h1-4,14-16H,5-13H2,(H,24,27)(H,25,29)/t14?,15?,16?,22?,23-/m0/s1. The minimum atomic E-state index is -1.13. The van der Waals surface area contributed by atoms with Gasteiger partial charge in [0.1, 0.15) is 12.3 Å². The number of amides is 4. The lowest BCUT2D eigenvalue weighted by Crippen LogP contribution is -2.61. The number of hydrogen-bond donors (Lipinski definition) is 2. The molecule has 7 heteroatoms. The van der Waals surface area contributed by atoms with Gasteiger partial charge in [0.2, 0.25) is 5.91 Å². The van der Waals surface area contributed by atoms with E-state index in [0.717, 1.165) is 41.9 Å². The Labute approximate surface area is 175 Å². The van der Waals surface area contributed by atoms with Crippen LogP contribution in [0.2, 0.25) is 0 Å². The second-order valence-electron chi connectivity index (χ2n) is 10.1. The summed E-state index contributed by atoms with van der Waals surface area (Å²) in [5, 5.41) is 6.13. The number of carbonyl (C=O) groups excluding carboxylic acids is 3. The molecule has 2 N–H and O–H groups in total. The minimum Gasteiger partial charge on any atom is -0.493 e. The number of benzene rings is 1. The quantitative estimate of drug-likeness (QED) is 0.750. The first-order chi connectivity index (χ1) is 14.5. The Morgan fingerprint density at radius 3 is 2.47 bits per heavy atom. The Kier molecular flexibility index (Phi) is 3.78. The van der Waals surface area contributed by atoms with Crippen LogP contribution >= 0.6 is 0 Å². The molecule has 0 unspecified atom stereocenters. The van der Waals surface area contributed by atoms with E-state index in [-0.39, 0.29) is 23.9 Å². The molecule has 4 aliphatic carbocycles. The summed E-state index contributed by atoms with van der Waals surface area (Å²) in [7, 11) is 0. The van der Waals surface area contributed by atoms with Crippen molar-refractivity contribution >= 4 is 17.8 Å². The monoisotopic (exact) mass is 409 g/mol. The van der Waals surface area contributed by atoms with Crippen molar-refractivity contribution in [2.24, 2.45) is 17.8 Å². The molecule has 1 atom stereocenters. The number of ether oxygens (including phenoxy) is 1. The van der Waals surface area contributed by atoms with Crippen LogP contribution in [0.3, 0.4) is 0 Å². The summed E-state index contributed by atoms with van der Waals surface area (Å²) >= 11 is 0. The van der Waals surface area contributed by atoms with Crippen molar-refractivity contribution < 1.29 is 19.1 Å². The van der Waals surface area contributed by atoms with Gasteiger partial charge in [-0.05, 0) is 62.3 Å². The molecule has 1 aromatic rings. The molecule has 2 heterocycles. The van der Waals surface area contributed by atoms with E-state index < -0.39 is 11.6 Å². The van der Waals surface area contributed by atoms with Crippen LogP contribution in [0, 0.1) is 17.8 Å². The van der Waals surface area contributed by atoms with Gasteiger partial charge in [0.25, 0.3) is 5.91 Å². The van der Waals surface area contributed by atoms with Gasteiger partial charge in [-0.1, -0.05) is 18.2 Å². The van der Waals surface area contributed by atoms with Crippen molar-refractivity contribution in [3.05, 3.63) is 29.8 Å². The molecule has 158 valence electrons. The molecule has 7 nitrogen and oxygen atoms in total. The molecular formula is C23H27N3O4. The van der Waals surface area contributed by atoms with E-state index >= 15 is 0 Å². The number of hydrogen-bond acceptors (Lipinski definition) is 4. The SMILES string of the molecule is O=C(CN1C(=O)N[C@]2(CCOc3ccccc32)C1=O)NC12CC3CC(CC(C3)C1)C2. The molecule has 30 heavy (non-hydrogen) atoms. The highest BCUT2D eigenvalue weighted by atomic mass is 16.5. The van der Waals surface area contributed by atoms with E-state index in [0.29, 0.717) is 24.3 Å². The topological polar surface area (TPSA) is 87.7 Å². The van der Waals surface area contributed by atoms with Crippen LogP contribution in [-0.2, 0) is 15.1 Å². The lowest BCUT2D eigenvalue weighted by atomic mass is 9.53. The number of carbonyl (C=O) groups is 3. The summed E-state index contributed by atoms with van der Waals surface area (Å²) in [4.78, 5) is 40.2. The first-order valence-electron chi connectivity index (χ1n) is 11.1. The summed E-state index contributed by atoms with van der Waals surface area (Å²) < 4.78 is 5.67. The van der Waals surface area contributed by atoms with Gasteiger partial charge in [-0.3, -0.25) is 14.5 Å². The molecule has 4 bridgehead atoms. The average molecular weight is 409 g/mol. The lowest BCUT2D eigenvalue weighted by molar-refractivity contribution is -0.137. The Morgan fingerprint density at radius 2 is 1.77 bits per heavy atom. The fraction of sp³-hybridized carbons (Fsp3) is 0.609.